The summed E-state index contributed by atoms with van der Waals surface area (Å²) in [4.78, 5) is 13.0. The Morgan fingerprint density at radius 1 is 0.576 bits per heavy atom. The van der Waals surface area contributed by atoms with Crippen molar-refractivity contribution >= 4 is 5.91 Å². The lowest BCUT2D eigenvalue weighted by Gasteiger charge is -2.40. The van der Waals surface area contributed by atoms with Crippen molar-refractivity contribution in [3.8, 4) is 0 Å². The van der Waals surface area contributed by atoms with Crippen molar-refractivity contribution in [1.29, 1.82) is 0 Å². The quantitative estimate of drug-likeness (QED) is 0.0264. The SMILES string of the molecule is CCCCCCC/C=C\C/C=C\CCCCCCCCCCCC(=O)NC(COC1OC(CO)C(O)C(O)C1O)C(O)/C=C/CC/C=C/CCCCCCCCCCC. The highest BCUT2D eigenvalue weighted by Crippen LogP contribution is 2.22. The molecule has 1 aliphatic heterocycles. The number of allylic oxidation sites excluding steroid dienone is 7. The fourth-order valence-electron chi connectivity index (χ4n) is 7.44. The third kappa shape index (κ3) is 30.8. The van der Waals surface area contributed by atoms with Gasteiger partial charge in [0.05, 0.1) is 25.4 Å². The highest BCUT2D eigenvalue weighted by Gasteiger charge is 2.44. The Morgan fingerprint density at radius 2 is 1.02 bits per heavy atom. The first-order valence-corrected chi connectivity index (χ1v) is 24.4. The predicted octanol–water partition coefficient (Wildman–Crippen LogP) is 10.6. The Balaban J connectivity index is 2.34. The minimum absolute atomic E-state index is 0.192. The van der Waals surface area contributed by atoms with Crippen molar-refractivity contribution in [1.82, 2.24) is 5.32 Å². The molecule has 1 saturated heterocycles. The van der Waals surface area contributed by atoms with Gasteiger partial charge < -0.3 is 40.3 Å². The van der Waals surface area contributed by atoms with Crippen molar-refractivity contribution < 1.29 is 39.8 Å². The van der Waals surface area contributed by atoms with Gasteiger partial charge in [0.25, 0.3) is 0 Å². The third-order valence-electron chi connectivity index (χ3n) is 11.4. The van der Waals surface area contributed by atoms with Gasteiger partial charge in [-0.1, -0.05) is 184 Å². The molecule has 1 heterocycles. The van der Waals surface area contributed by atoms with E-state index in [4.69, 9.17) is 9.47 Å². The van der Waals surface area contributed by atoms with Crippen LogP contribution in [0.5, 0.6) is 0 Å². The number of rotatable bonds is 40. The first-order chi connectivity index (χ1) is 28.8. The van der Waals surface area contributed by atoms with Gasteiger partial charge in [-0.3, -0.25) is 4.79 Å². The fourth-order valence-corrected chi connectivity index (χ4v) is 7.44. The minimum Gasteiger partial charge on any atom is -0.394 e. The van der Waals surface area contributed by atoms with Gasteiger partial charge in [-0.25, -0.2) is 0 Å². The predicted molar refractivity (Wildman–Crippen MR) is 244 cm³/mol. The van der Waals surface area contributed by atoms with Crippen LogP contribution in [0.15, 0.2) is 48.6 Å². The molecule has 344 valence electrons. The zero-order valence-corrected chi connectivity index (χ0v) is 37.7. The molecule has 1 amide bonds. The summed E-state index contributed by atoms with van der Waals surface area (Å²) in [7, 11) is 0. The average Bonchev–Trinajstić information content (AvgIpc) is 3.23. The number of hydrogen-bond donors (Lipinski definition) is 6. The molecule has 0 bridgehead atoms. The Kier molecular flexibility index (Phi) is 37.6. The number of carbonyl (C=O) groups excluding carboxylic acids is 1. The number of amides is 1. The lowest BCUT2D eigenvalue weighted by molar-refractivity contribution is -0.302. The summed E-state index contributed by atoms with van der Waals surface area (Å²) in [5.41, 5.74) is 0. The molecular formula is C50H91NO8. The van der Waals surface area contributed by atoms with Crippen LogP contribution in [0.25, 0.3) is 0 Å². The molecule has 7 unspecified atom stereocenters. The molecule has 59 heavy (non-hydrogen) atoms. The molecule has 6 N–H and O–H groups in total. The highest BCUT2D eigenvalue weighted by atomic mass is 16.7. The first-order valence-electron chi connectivity index (χ1n) is 24.4. The van der Waals surface area contributed by atoms with Crippen molar-refractivity contribution in [2.24, 2.45) is 0 Å². The van der Waals surface area contributed by atoms with Crippen molar-refractivity contribution in [3.05, 3.63) is 48.6 Å². The number of hydrogen-bond acceptors (Lipinski definition) is 8. The van der Waals surface area contributed by atoms with Crippen LogP contribution in [-0.4, -0.2) is 87.5 Å². The van der Waals surface area contributed by atoms with Crippen molar-refractivity contribution in [2.45, 2.75) is 249 Å². The summed E-state index contributed by atoms with van der Waals surface area (Å²) in [6.07, 6.45) is 44.4. The van der Waals surface area contributed by atoms with Gasteiger partial charge in [-0.15, -0.1) is 0 Å². The second-order valence-corrected chi connectivity index (χ2v) is 16.9. The van der Waals surface area contributed by atoms with E-state index in [1.165, 1.54) is 135 Å². The third-order valence-corrected chi connectivity index (χ3v) is 11.4. The van der Waals surface area contributed by atoms with E-state index in [1.54, 1.807) is 6.08 Å². The van der Waals surface area contributed by atoms with E-state index in [-0.39, 0.29) is 12.5 Å². The molecule has 1 aliphatic rings. The van der Waals surface area contributed by atoms with Gasteiger partial charge in [0.15, 0.2) is 6.29 Å². The van der Waals surface area contributed by atoms with Gasteiger partial charge in [0, 0.05) is 6.42 Å². The molecule has 9 nitrogen and oxygen atoms in total. The van der Waals surface area contributed by atoms with Gasteiger partial charge in [-0.05, 0) is 64.2 Å². The normalized spacial score (nSPS) is 21.1. The van der Waals surface area contributed by atoms with Crippen LogP contribution in [0.3, 0.4) is 0 Å². The number of unbranched alkanes of at least 4 members (excludes halogenated alkanes) is 24. The summed E-state index contributed by atoms with van der Waals surface area (Å²) in [6.45, 7) is 3.74. The van der Waals surface area contributed by atoms with Crippen molar-refractivity contribution in [3.63, 3.8) is 0 Å². The van der Waals surface area contributed by atoms with Gasteiger partial charge in [0.1, 0.15) is 24.4 Å². The molecule has 9 heteroatoms. The van der Waals surface area contributed by atoms with E-state index < -0.39 is 49.5 Å². The number of nitrogens with one attached hydrogen (secondary N) is 1. The fraction of sp³-hybridized carbons (Fsp3) is 0.820. The van der Waals surface area contributed by atoms with E-state index >= 15 is 0 Å². The summed E-state index contributed by atoms with van der Waals surface area (Å²) in [5, 5.41) is 54.2. The lowest BCUT2D eigenvalue weighted by Crippen LogP contribution is -2.60. The van der Waals surface area contributed by atoms with Crippen LogP contribution in [0.1, 0.15) is 206 Å². The number of aliphatic hydroxyl groups is 5. The number of ether oxygens (including phenoxy) is 2. The van der Waals surface area contributed by atoms with E-state index in [2.05, 4.69) is 55.6 Å². The molecule has 0 aliphatic carbocycles. The molecule has 0 saturated carbocycles. The maximum Gasteiger partial charge on any atom is 0.220 e. The standard InChI is InChI=1S/C50H91NO8/c1-3-5-7-9-11-13-15-17-19-20-21-22-23-24-26-28-30-32-34-36-38-40-46(54)51-43(42-58-50-49(57)48(56)47(55)45(41-52)59-50)44(53)39-37-35-33-31-29-27-25-18-16-14-12-10-8-6-4-2/h15,17,20-21,29,31,37,39,43-45,47-50,52-53,55-57H,3-14,16,18-19,22-28,30,32-36,38,40-42H2,1-2H3,(H,51,54)/b17-15-,21-20-,31-29+,39-37+. The Hall–Kier alpha value is -1.85. The van der Waals surface area contributed by atoms with Gasteiger partial charge in [-0.2, -0.15) is 0 Å². The zero-order valence-electron chi connectivity index (χ0n) is 37.7. The van der Waals surface area contributed by atoms with Crippen LogP contribution in [-0.2, 0) is 14.3 Å². The molecule has 0 radical (unpaired) electrons. The summed E-state index contributed by atoms with van der Waals surface area (Å²) >= 11 is 0. The first kappa shape index (κ1) is 55.2. The number of aliphatic hydroxyl groups excluding tert-OH is 5. The highest BCUT2D eigenvalue weighted by molar-refractivity contribution is 5.76. The summed E-state index contributed by atoms with van der Waals surface area (Å²) in [6, 6.07) is -0.824. The zero-order chi connectivity index (χ0) is 43.0. The molecule has 0 aromatic heterocycles. The molecule has 0 aromatic rings. The average molecular weight is 834 g/mol. The van der Waals surface area contributed by atoms with Crippen molar-refractivity contribution in [2.75, 3.05) is 13.2 Å². The lowest BCUT2D eigenvalue weighted by atomic mass is 9.99. The summed E-state index contributed by atoms with van der Waals surface area (Å²) < 4.78 is 11.2. The van der Waals surface area contributed by atoms with Crippen LogP contribution < -0.4 is 5.32 Å². The van der Waals surface area contributed by atoms with Crippen LogP contribution in [0.2, 0.25) is 0 Å². The van der Waals surface area contributed by atoms with Gasteiger partial charge >= 0.3 is 0 Å². The van der Waals surface area contributed by atoms with Gasteiger partial charge in [0.2, 0.25) is 5.91 Å². The van der Waals surface area contributed by atoms with E-state index in [1.807, 2.05) is 6.08 Å². The second-order valence-electron chi connectivity index (χ2n) is 16.9. The van der Waals surface area contributed by atoms with Crippen LogP contribution in [0, 0.1) is 0 Å². The molecule has 0 spiro atoms. The Bertz CT molecular complexity index is 1060. The maximum atomic E-state index is 13.0. The van der Waals surface area contributed by atoms with E-state index in [0.29, 0.717) is 6.42 Å². The Labute approximate surface area is 361 Å². The molecule has 7 atom stereocenters. The van der Waals surface area contributed by atoms with Crippen LogP contribution in [0.4, 0.5) is 0 Å². The largest absolute Gasteiger partial charge is 0.394 e. The van der Waals surface area contributed by atoms with E-state index in [0.717, 1.165) is 51.4 Å². The second kappa shape index (κ2) is 40.2. The molecule has 1 rings (SSSR count). The Morgan fingerprint density at radius 3 is 1.53 bits per heavy atom. The van der Waals surface area contributed by atoms with Crippen LogP contribution >= 0.6 is 0 Å². The maximum absolute atomic E-state index is 13.0. The molecule has 1 fully saturated rings. The molecular weight excluding hydrogens is 743 g/mol. The summed E-state index contributed by atoms with van der Waals surface area (Å²) in [5.74, 6) is -0.192. The minimum atomic E-state index is -1.57. The monoisotopic (exact) mass is 834 g/mol. The van der Waals surface area contributed by atoms with E-state index in [9.17, 15) is 30.3 Å². The topological polar surface area (TPSA) is 149 Å². The smallest absolute Gasteiger partial charge is 0.220 e. The molecule has 0 aromatic carbocycles. The number of carbonyl (C=O) groups is 1.